The number of esters is 1. The lowest BCUT2D eigenvalue weighted by Gasteiger charge is -2.37. The van der Waals surface area contributed by atoms with Gasteiger partial charge in [0, 0.05) is 13.2 Å². The summed E-state index contributed by atoms with van der Waals surface area (Å²) in [6.07, 6.45) is 0.562. The van der Waals surface area contributed by atoms with Crippen LogP contribution in [0, 0.1) is 0 Å². The van der Waals surface area contributed by atoms with Gasteiger partial charge >= 0.3 is 12.1 Å². The van der Waals surface area contributed by atoms with Crippen LogP contribution in [-0.4, -0.2) is 71.9 Å². The minimum atomic E-state index is -0.846. The number of nitrogens with zero attached hydrogens (tertiary/aromatic N) is 1. The smallest absolute Gasteiger partial charge is 0.408 e. The monoisotopic (exact) mass is 427 g/mol. The molecule has 170 valence electrons. The average molecular weight is 427 g/mol. The predicted octanol–water partition coefficient (Wildman–Crippen LogP) is 1.08. The Morgan fingerprint density at radius 2 is 1.97 bits per heavy atom. The molecule has 10 nitrogen and oxygen atoms in total. The molecule has 10 heteroatoms. The molecule has 2 heterocycles. The number of carbonyl (C=O) groups is 4. The van der Waals surface area contributed by atoms with Gasteiger partial charge in [0.15, 0.2) is 0 Å². The third kappa shape index (κ3) is 6.58. The van der Waals surface area contributed by atoms with Gasteiger partial charge in [-0.1, -0.05) is 0 Å². The van der Waals surface area contributed by atoms with Gasteiger partial charge in [-0.15, -0.1) is 0 Å². The molecule has 3 amide bonds. The number of alkyl carbamates (subject to hydrolysis) is 1. The van der Waals surface area contributed by atoms with E-state index in [-0.39, 0.29) is 18.2 Å². The van der Waals surface area contributed by atoms with Gasteiger partial charge in [-0.3, -0.25) is 14.4 Å². The van der Waals surface area contributed by atoms with Crippen LogP contribution in [0.25, 0.3) is 0 Å². The summed E-state index contributed by atoms with van der Waals surface area (Å²) < 4.78 is 15.6. The average Bonchev–Trinajstić information content (AvgIpc) is 2.98. The molecular formula is C20H33N3O7. The normalized spacial score (nSPS) is 25.3. The number of amides is 3. The van der Waals surface area contributed by atoms with Gasteiger partial charge in [-0.2, -0.15) is 0 Å². The van der Waals surface area contributed by atoms with Crippen LogP contribution in [0.5, 0.6) is 0 Å². The van der Waals surface area contributed by atoms with Crippen molar-refractivity contribution < 1.29 is 33.4 Å². The number of piperidine rings is 1. The van der Waals surface area contributed by atoms with E-state index in [1.54, 1.807) is 34.6 Å². The standard InChI is InChI=1S/C20H33N3O7/c1-6-28-18-13(11-15(24)29-18)22-16(25)14-9-7-8-10-23(14)17(26)12(2)21-19(27)30-20(3,4)5/h12-14,18H,6-11H2,1-5H3,(H,21,27)(H,22,25)/t12-,13?,14-,18?/m0/s1. The highest BCUT2D eigenvalue weighted by molar-refractivity contribution is 5.91. The number of carbonyl (C=O) groups excluding carboxylic acids is 4. The number of cyclic esters (lactones) is 1. The van der Waals surface area contributed by atoms with E-state index in [1.165, 1.54) is 4.90 Å². The highest BCUT2D eigenvalue weighted by Crippen LogP contribution is 2.21. The molecule has 2 unspecified atom stereocenters. The highest BCUT2D eigenvalue weighted by atomic mass is 16.7. The van der Waals surface area contributed by atoms with Gasteiger partial charge in [0.1, 0.15) is 23.7 Å². The summed E-state index contributed by atoms with van der Waals surface area (Å²) in [5.74, 6) is -1.16. The predicted molar refractivity (Wildman–Crippen MR) is 106 cm³/mol. The second-order valence-electron chi connectivity index (χ2n) is 8.54. The summed E-state index contributed by atoms with van der Waals surface area (Å²) in [4.78, 5) is 50.9. The summed E-state index contributed by atoms with van der Waals surface area (Å²) in [7, 11) is 0. The van der Waals surface area contributed by atoms with Crippen LogP contribution in [0.3, 0.4) is 0 Å². The number of rotatable bonds is 6. The summed E-state index contributed by atoms with van der Waals surface area (Å²) in [6, 6.07) is -2.13. The van der Waals surface area contributed by atoms with Crippen LogP contribution in [-0.2, 0) is 28.6 Å². The van der Waals surface area contributed by atoms with Crippen molar-refractivity contribution in [3.8, 4) is 0 Å². The van der Waals surface area contributed by atoms with E-state index in [0.29, 0.717) is 19.6 Å². The summed E-state index contributed by atoms with van der Waals surface area (Å²) in [6.45, 7) is 9.28. The number of likely N-dealkylation sites (tertiary alicyclic amines) is 1. The molecule has 2 aliphatic rings. The maximum Gasteiger partial charge on any atom is 0.408 e. The van der Waals surface area contributed by atoms with Crippen molar-refractivity contribution in [2.45, 2.75) is 90.3 Å². The lowest BCUT2D eigenvalue weighted by atomic mass is 9.99. The maximum absolute atomic E-state index is 12.9. The van der Waals surface area contributed by atoms with Gasteiger partial charge < -0.3 is 29.7 Å². The number of nitrogens with one attached hydrogen (secondary N) is 2. The first-order valence-corrected chi connectivity index (χ1v) is 10.4. The van der Waals surface area contributed by atoms with E-state index in [1.807, 2.05) is 0 Å². The van der Waals surface area contributed by atoms with Crippen LogP contribution in [0.15, 0.2) is 0 Å². The Kier molecular flexibility index (Phi) is 8.05. The van der Waals surface area contributed by atoms with Gasteiger partial charge in [-0.25, -0.2) is 4.79 Å². The van der Waals surface area contributed by atoms with Crippen molar-refractivity contribution in [2.75, 3.05) is 13.2 Å². The van der Waals surface area contributed by atoms with Crippen LogP contribution >= 0.6 is 0 Å². The molecule has 0 aromatic heterocycles. The zero-order chi connectivity index (χ0) is 22.5. The Bertz CT molecular complexity index is 661. The zero-order valence-electron chi connectivity index (χ0n) is 18.4. The summed E-state index contributed by atoms with van der Waals surface area (Å²) in [5.41, 5.74) is -0.682. The minimum absolute atomic E-state index is 0.0215. The van der Waals surface area contributed by atoms with Crippen molar-refractivity contribution in [3.63, 3.8) is 0 Å². The second kappa shape index (κ2) is 10.1. The molecule has 2 rings (SSSR count). The fourth-order valence-corrected chi connectivity index (χ4v) is 3.51. The molecule has 4 atom stereocenters. The SMILES string of the molecule is CCOC1OC(=O)CC1NC(=O)[C@@H]1CCCCN1C(=O)[C@H](C)NC(=O)OC(C)(C)C. The third-order valence-electron chi connectivity index (χ3n) is 4.81. The zero-order valence-corrected chi connectivity index (χ0v) is 18.4. The van der Waals surface area contributed by atoms with E-state index < -0.39 is 42.1 Å². The number of ether oxygens (including phenoxy) is 3. The van der Waals surface area contributed by atoms with E-state index in [0.717, 1.165) is 12.8 Å². The first-order valence-electron chi connectivity index (χ1n) is 10.4. The van der Waals surface area contributed by atoms with Crippen LogP contribution in [0.4, 0.5) is 4.79 Å². The molecule has 2 N–H and O–H groups in total. The first-order chi connectivity index (χ1) is 14.0. The maximum atomic E-state index is 12.9. The summed E-state index contributed by atoms with van der Waals surface area (Å²) >= 11 is 0. The van der Waals surface area contributed by atoms with Crippen molar-refractivity contribution in [1.29, 1.82) is 0 Å². The Morgan fingerprint density at radius 3 is 2.60 bits per heavy atom. The second-order valence-corrected chi connectivity index (χ2v) is 8.54. The van der Waals surface area contributed by atoms with Crippen molar-refractivity contribution in [2.24, 2.45) is 0 Å². The molecule has 0 saturated carbocycles. The fraction of sp³-hybridized carbons (Fsp3) is 0.800. The largest absolute Gasteiger partial charge is 0.444 e. The fourth-order valence-electron chi connectivity index (χ4n) is 3.51. The molecule has 0 aliphatic carbocycles. The highest BCUT2D eigenvalue weighted by Gasteiger charge is 2.40. The first kappa shape index (κ1) is 23.9. The van der Waals surface area contributed by atoms with E-state index >= 15 is 0 Å². The molecule has 0 radical (unpaired) electrons. The van der Waals surface area contributed by atoms with E-state index in [2.05, 4.69) is 10.6 Å². The minimum Gasteiger partial charge on any atom is -0.444 e. The molecule has 30 heavy (non-hydrogen) atoms. The summed E-state index contributed by atoms with van der Waals surface area (Å²) in [5, 5.41) is 5.32. The van der Waals surface area contributed by atoms with E-state index in [9.17, 15) is 19.2 Å². The molecular weight excluding hydrogens is 394 g/mol. The van der Waals surface area contributed by atoms with Crippen molar-refractivity contribution in [1.82, 2.24) is 15.5 Å². The third-order valence-corrected chi connectivity index (χ3v) is 4.81. The molecule has 0 aromatic rings. The Hall–Kier alpha value is -2.36. The Morgan fingerprint density at radius 1 is 1.27 bits per heavy atom. The Balaban J connectivity index is 2.00. The van der Waals surface area contributed by atoms with E-state index in [4.69, 9.17) is 14.2 Å². The number of hydrogen-bond acceptors (Lipinski definition) is 7. The topological polar surface area (TPSA) is 123 Å². The quantitative estimate of drug-likeness (QED) is 0.608. The van der Waals surface area contributed by atoms with Gasteiger partial charge in [0.25, 0.3) is 0 Å². The lowest BCUT2D eigenvalue weighted by Crippen LogP contribution is -2.58. The molecule has 0 spiro atoms. The van der Waals surface area contributed by atoms with Crippen LogP contribution in [0.2, 0.25) is 0 Å². The molecule has 0 bridgehead atoms. The van der Waals surface area contributed by atoms with Crippen molar-refractivity contribution in [3.05, 3.63) is 0 Å². The van der Waals surface area contributed by atoms with Crippen LogP contribution in [0.1, 0.15) is 60.3 Å². The molecule has 2 aliphatic heterocycles. The number of hydrogen-bond donors (Lipinski definition) is 2. The molecule has 0 aromatic carbocycles. The van der Waals surface area contributed by atoms with Gasteiger partial charge in [-0.05, 0) is 53.9 Å². The Labute approximate surface area is 177 Å². The molecule has 2 fully saturated rings. The lowest BCUT2D eigenvalue weighted by molar-refractivity contribution is -0.164. The van der Waals surface area contributed by atoms with Gasteiger partial charge in [0.05, 0.1) is 6.42 Å². The van der Waals surface area contributed by atoms with Gasteiger partial charge in [0.2, 0.25) is 18.1 Å². The molecule has 2 saturated heterocycles. The van der Waals surface area contributed by atoms with Crippen molar-refractivity contribution >= 4 is 23.9 Å². The van der Waals surface area contributed by atoms with Crippen LogP contribution < -0.4 is 10.6 Å².